The molecule has 8 heteroatoms. The van der Waals surface area contributed by atoms with E-state index in [9.17, 15) is 13.2 Å². The number of hydrogen-bond donors (Lipinski definition) is 0. The minimum atomic E-state index is -4.09. The van der Waals surface area contributed by atoms with Gasteiger partial charge >= 0.3 is 11.4 Å². The van der Waals surface area contributed by atoms with Gasteiger partial charge in [0.2, 0.25) is 5.79 Å². The summed E-state index contributed by atoms with van der Waals surface area (Å²) in [5.74, 6) is -2.87. The third-order valence-corrected chi connectivity index (χ3v) is 3.61. The molecule has 0 saturated heterocycles. The summed E-state index contributed by atoms with van der Waals surface area (Å²) in [5, 5.41) is -4.09. The minimum Gasteiger partial charge on any atom is -0.239 e. The highest BCUT2D eigenvalue weighted by atomic mass is 35.8. The van der Waals surface area contributed by atoms with Gasteiger partial charge in [-0.15, -0.1) is 33.2 Å². The summed E-state index contributed by atoms with van der Waals surface area (Å²) in [6, 6.07) is -4.03. The Morgan fingerprint density at radius 3 is 1.50 bits per heavy atom. The van der Waals surface area contributed by atoms with Gasteiger partial charge in [0.15, 0.2) is 0 Å². The standard InChI is InChI=1S/C2HCl4F3Si/c3-2(8,9)1(7)10(4,5)6/h1H. The van der Waals surface area contributed by atoms with Gasteiger partial charge in [0.1, 0.15) is 0 Å². The Morgan fingerprint density at radius 2 is 1.50 bits per heavy atom. The molecule has 0 radical (unpaired) electrons. The molecule has 0 bridgehead atoms. The van der Waals surface area contributed by atoms with Crippen molar-refractivity contribution in [3.63, 3.8) is 0 Å². The zero-order chi connectivity index (χ0) is 8.58. The predicted octanol–water partition coefficient (Wildman–Crippen LogP) is 3.35. The topological polar surface area (TPSA) is 0 Å². The molecule has 1 atom stereocenters. The third kappa shape index (κ3) is 3.53. The first kappa shape index (κ1) is 11.2. The van der Waals surface area contributed by atoms with Gasteiger partial charge in [-0.3, -0.25) is 0 Å². The summed E-state index contributed by atoms with van der Waals surface area (Å²) >= 11 is 18.9. The molecule has 0 rings (SSSR count). The molecule has 10 heavy (non-hydrogen) atoms. The molecule has 0 spiro atoms. The first-order chi connectivity index (χ1) is 4.15. The van der Waals surface area contributed by atoms with Gasteiger partial charge in [-0.05, 0) is 11.6 Å². The van der Waals surface area contributed by atoms with Gasteiger partial charge in [0.25, 0.3) is 0 Å². The van der Waals surface area contributed by atoms with E-state index in [-0.39, 0.29) is 0 Å². The van der Waals surface area contributed by atoms with Crippen LogP contribution >= 0.6 is 44.8 Å². The normalized spacial score (nSPS) is 17.1. The van der Waals surface area contributed by atoms with Gasteiger partial charge in [0.05, 0.1) is 0 Å². The van der Waals surface area contributed by atoms with E-state index in [1.54, 1.807) is 0 Å². The van der Waals surface area contributed by atoms with Crippen LogP contribution in [-0.4, -0.2) is 17.2 Å². The van der Waals surface area contributed by atoms with Crippen LogP contribution in [0.4, 0.5) is 13.2 Å². The Bertz CT molecular complexity index is 103. The first-order valence-corrected chi connectivity index (χ1v) is 7.42. The lowest BCUT2D eigenvalue weighted by molar-refractivity contribution is 0.0428. The highest BCUT2D eigenvalue weighted by Crippen LogP contribution is 2.38. The highest BCUT2D eigenvalue weighted by Gasteiger charge is 2.53. The third-order valence-electron chi connectivity index (χ3n) is 0.575. The SMILES string of the molecule is FC(C(F)(F)Cl)[Si](Cl)(Cl)Cl. The number of hydrogen-bond acceptors (Lipinski definition) is 0. The van der Waals surface area contributed by atoms with Crippen LogP contribution < -0.4 is 0 Å². The summed E-state index contributed by atoms with van der Waals surface area (Å²) in [6.07, 6.45) is 0. The Hall–Kier alpha value is 1.17. The fraction of sp³-hybridized carbons (Fsp3) is 1.00. The van der Waals surface area contributed by atoms with Crippen LogP contribution in [0.25, 0.3) is 0 Å². The zero-order valence-electron chi connectivity index (χ0n) is 4.22. The van der Waals surface area contributed by atoms with E-state index >= 15 is 0 Å². The highest BCUT2D eigenvalue weighted by molar-refractivity contribution is 7.65. The molecule has 0 aliphatic heterocycles. The Kier molecular flexibility index (Phi) is 3.65. The van der Waals surface area contributed by atoms with E-state index in [4.69, 9.17) is 33.2 Å². The maximum atomic E-state index is 12.2. The summed E-state index contributed by atoms with van der Waals surface area (Å²) < 4.78 is 35.8. The molecule has 0 N–H and O–H groups in total. The molecule has 0 amide bonds. The molecule has 0 saturated carbocycles. The molecular weight excluding hydrogens is 251 g/mol. The van der Waals surface area contributed by atoms with Crippen molar-refractivity contribution in [1.82, 2.24) is 0 Å². The summed E-state index contributed by atoms with van der Waals surface area (Å²) in [6.45, 7) is 0. The van der Waals surface area contributed by atoms with Crippen LogP contribution in [0.15, 0.2) is 0 Å². The van der Waals surface area contributed by atoms with E-state index in [2.05, 4.69) is 11.6 Å². The van der Waals surface area contributed by atoms with Crippen LogP contribution in [0.3, 0.4) is 0 Å². The molecular formula is C2HCl4F3Si. The van der Waals surface area contributed by atoms with Gasteiger partial charge in [-0.1, -0.05) is 0 Å². The number of alkyl halides is 4. The van der Waals surface area contributed by atoms with Crippen molar-refractivity contribution in [2.75, 3.05) is 0 Å². The van der Waals surface area contributed by atoms with E-state index < -0.39 is 17.2 Å². The van der Waals surface area contributed by atoms with Crippen molar-refractivity contribution >= 4 is 50.8 Å². The average Bonchev–Trinajstić information content (AvgIpc) is 1.59. The molecule has 62 valence electrons. The Balaban J connectivity index is 4.23. The second-order valence-electron chi connectivity index (χ2n) is 1.45. The lowest BCUT2D eigenvalue weighted by Crippen LogP contribution is -2.39. The van der Waals surface area contributed by atoms with Crippen LogP contribution in [0.5, 0.6) is 0 Å². The van der Waals surface area contributed by atoms with Crippen LogP contribution in [-0.2, 0) is 0 Å². The van der Waals surface area contributed by atoms with Crippen molar-refractivity contribution in [1.29, 1.82) is 0 Å². The fourth-order valence-electron chi connectivity index (χ4n) is 0.186. The summed E-state index contributed by atoms with van der Waals surface area (Å²) in [7, 11) is 0. The average molecular weight is 252 g/mol. The Morgan fingerprint density at radius 1 is 1.20 bits per heavy atom. The van der Waals surface area contributed by atoms with Crippen LogP contribution in [0.2, 0.25) is 0 Å². The Labute approximate surface area is 75.3 Å². The fourth-order valence-corrected chi connectivity index (χ4v) is 2.78. The van der Waals surface area contributed by atoms with E-state index in [1.165, 1.54) is 0 Å². The first-order valence-electron chi connectivity index (χ1n) is 1.93. The summed E-state index contributed by atoms with van der Waals surface area (Å²) in [5.41, 5.74) is 0. The maximum absolute atomic E-state index is 12.2. The lowest BCUT2D eigenvalue weighted by Gasteiger charge is -2.17. The van der Waals surface area contributed by atoms with Gasteiger partial charge in [0, 0.05) is 0 Å². The smallest absolute Gasteiger partial charge is 0.239 e. The molecule has 1 unspecified atom stereocenters. The molecule has 0 fully saturated rings. The van der Waals surface area contributed by atoms with Crippen molar-refractivity contribution in [3.8, 4) is 0 Å². The maximum Gasteiger partial charge on any atom is 0.382 e. The molecule has 0 aromatic carbocycles. The van der Waals surface area contributed by atoms with Crippen LogP contribution in [0.1, 0.15) is 0 Å². The quantitative estimate of drug-likeness (QED) is 0.401. The summed E-state index contributed by atoms with van der Waals surface area (Å²) in [4.78, 5) is 0. The molecule has 0 aliphatic rings. The zero-order valence-corrected chi connectivity index (χ0v) is 8.25. The van der Waals surface area contributed by atoms with Crippen molar-refractivity contribution in [2.24, 2.45) is 0 Å². The van der Waals surface area contributed by atoms with Crippen molar-refractivity contribution in [3.05, 3.63) is 0 Å². The second-order valence-corrected chi connectivity index (χ2v) is 10.6. The molecule has 0 heterocycles. The van der Waals surface area contributed by atoms with Gasteiger partial charge < -0.3 is 0 Å². The number of halogens is 7. The lowest BCUT2D eigenvalue weighted by atomic mass is 10.8. The van der Waals surface area contributed by atoms with Gasteiger partial charge in [-0.25, -0.2) is 4.39 Å². The van der Waals surface area contributed by atoms with Crippen LogP contribution in [0, 0.1) is 0 Å². The van der Waals surface area contributed by atoms with Crippen molar-refractivity contribution < 1.29 is 13.2 Å². The largest absolute Gasteiger partial charge is 0.382 e. The van der Waals surface area contributed by atoms with Gasteiger partial charge in [-0.2, -0.15) is 8.78 Å². The van der Waals surface area contributed by atoms with E-state index in [1.807, 2.05) is 0 Å². The number of rotatable bonds is 2. The monoisotopic (exact) mass is 250 g/mol. The molecule has 0 aromatic heterocycles. The minimum absolute atomic E-state index is 2.87. The second kappa shape index (κ2) is 3.27. The molecule has 0 aliphatic carbocycles. The molecule has 0 nitrogen and oxygen atoms in total. The predicted molar refractivity (Wildman–Crippen MR) is 39.0 cm³/mol. The van der Waals surface area contributed by atoms with E-state index in [0.717, 1.165) is 0 Å². The van der Waals surface area contributed by atoms with Crippen molar-refractivity contribution in [2.45, 2.75) is 11.2 Å². The molecule has 0 aromatic rings. The van der Waals surface area contributed by atoms with E-state index in [0.29, 0.717) is 0 Å².